The van der Waals surface area contributed by atoms with Crippen molar-refractivity contribution in [1.82, 2.24) is 10.2 Å². The van der Waals surface area contributed by atoms with Crippen LogP contribution in [0.1, 0.15) is 48.9 Å². The molecule has 1 aromatic rings. The van der Waals surface area contributed by atoms with Gasteiger partial charge in [0.1, 0.15) is 0 Å². The standard InChI is InChI=1S/C18H26N2O2/c21-17-9-5-4-8-16(17)20-12-10-15(11-13-20)19-18(22)14-6-2-1-3-7-14/h1-3,6-7,15-17,21H,4-5,8-13H2,(H,19,22). The minimum Gasteiger partial charge on any atom is -0.391 e. The van der Waals surface area contributed by atoms with Crippen LogP contribution in [0.25, 0.3) is 0 Å². The molecule has 120 valence electrons. The van der Waals surface area contributed by atoms with E-state index in [0.29, 0.717) is 6.04 Å². The van der Waals surface area contributed by atoms with Gasteiger partial charge in [0.05, 0.1) is 6.10 Å². The summed E-state index contributed by atoms with van der Waals surface area (Å²) in [5.74, 6) is 0.0248. The Balaban J connectivity index is 1.48. The predicted octanol–water partition coefficient (Wildman–Crippen LogP) is 2.18. The lowest BCUT2D eigenvalue weighted by atomic mass is 9.89. The summed E-state index contributed by atoms with van der Waals surface area (Å²) in [6.45, 7) is 1.95. The number of carbonyl (C=O) groups is 1. The highest BCUT2D eigenvalue weighted by molar-refractivity contribution is 5.94. The highest BCUT2D eigenvalue weighted by Gasteiger charge is 2.31. The molecule has 1 aromatic carbocycles. The van der Waals surface area contributed by atoms with Gasteiger partial charge < -0.3 is 10.4 Å². The van der Waals surface area contributed by atoms with Crippen molar-refractivity contribution < 1.29 is 9.90 Å². The molecule has 2 aliphatic rings. The van der Waals surface area contributed by atoms with Gasteiger partial charge in [0.15, 0.2) is 0 Å². The second-order valence-electron chi connectivity index (χ2n) is 6.57. The first-order valence-corrected chi connectivity index (χ1v) is 8.52. The summed E-state index contributed by atoms with van der Waals surface area (Å²) in [6.07, 6.45) is 6.22. The van der Waals surface area contributed by atoms with E-state index < -0.39 is 0 Å². The fourth-order valence-electron chi connectivity index (χ4n) is 3.75. The molecule has 3 rings (SSSR count). The normalized spacial score (nSPS) is 27.5. The molecule has 0 spiro atoms. The van der Waals surface area contributed by atoms with E-state index in [9.17, 15) is 9.90 Å². The first kappa shape index (κ1) is 15.5. The number of aliphatic hydroxyl groups excluding tert-OH is 1. The second-order valence-corrected chi connectivity index (χ2v) is 6.57. The number of nitrogens with zero attached hydrogens (tertiary/aromatic N) is 1. The van der Waals surface area contributed by atoms with Crippen LogP contribution in [-0.4, -0.2) is 47.2 Å². The third-order valence-corrected chi connectivity index (χ3v) is 5.06. The number of benzene rings is 1. The van der Waals surface area contributed by atoms with Crippen molar-refractivity contribution in [3.63, 3.8) is 0 Å². The van der Waals surface area contributed by atoms with E-state index in [1.54, 1.807) is 0 Å². The van der Waals surface area contributed by atoms with Gasteiger partial charge in [0.25, 0.3) is 5.91 Å². The van der Waals surface area contributed by atoms with Crippen LogP contribution in [0, 0.1) is 0 Å². The number of aliphatic hydroxyl groups is 1. The van der Waals surface area contributed by atoms with E-state index in [4.69, 9.17) is 0 Å². The number of amides is 1. The Labute approximate surface area is 132 Å². The molecule has 4 heteroatoms. The van der Waals surface area contributed by atoms with Gasteiger partial charge in [-0.1, -0.05) is 31.0 Å². The number of hydrogen-bond donors (Lipinski definition) is 2. The van der Waals surface area contributed by atoms with E-state index in [-0.39, 0.29) is 18.1 Å². The topological polar surface area (TPSA) is 52.6 Å². The van der Waals surface area contributed by atoms with Crippen LogP contribution in [0.2, 0.25) is 0 Å². The van der Waals surface area contributed by atoms with Gasteiger partial charge in [-0.05, 0) is 37.8 Å². The maximum Gasteiger partial charge on any atom is 0.251 e. The molecule has 1 aliphatic carbocycles. The van der Waals surface area contributed by atoms with Crippen molar-refractivity contribution in [3.05, 3.63) is 35.9 Å². The van der Waals surface area contributed by atoms with Crippen LogP contribution in [-0.2, 0) is 0 Å². The third-order valence-electron chi connectivity index (χ3n) is 5.06. The monoisotopic (exact) mass is 302 g/mol. The van der Waals surface area contributed by atoms with E-state index in [0.717, 1.165) is 50.8 Å². The zero-order valence-electron chi connectivity index (χ0n) is 13.1. The summed E-state index contributed by atoms with van der Waals surface area (Å²) in [5.41, 5.74) is 0.729. The maximum absolute atomic E-state index is 12.2. The molecule has 1 saturated heterocycles. The average molecular weight is 302 g/mol. The van der Waals surface area contributed by atoms with Gasteiger partial charge in [0.2, 0.25) is 0 Å². The summed E-state index contributed by atoms with van der Waals surface area (Å²) in [4.78, 5) is 14.6. The SMILES string of the molecule is O=C(NC1CCN(C2CCCCC2O)CC1)c1ccccc1. The van der Waals surface area contributed by atoms with E-state index in [1.165, 1.54) is 6.42 Å². The maximum atomic E-state index is 12.2. The summed E-state index contributed by atoms with van der Waals surface area (Å²) < 4.78 is 0. The third kappa shape index (κ3) is 3.68. The number of rotatable bonds is 3. The summed E-state index contributed by atoms with van der Waals surface area (Å²) >= 11 is 0. The van der Waals surface area contributed by atoms with E-state index >= 15 is 0 Å². The van der Waals surface area contributed by atoms with E-state index in [2.05, 4.69) is 10.2 Å². The Morgan fingerprint density at radius 1 is 1.05 bits per heavy atom. The molecule has 0 aromatic heterocycles. The molecule has 1 heterocycles. The number of piperidine rings is 1. The Morgan fingerprint density at radius 3 is 2.41 bits per heavy atom. The van der Waals surface area contributed by atoms with Gasteiger partial charge in [-0.25, -0.2) is 0 Å². The molecular formula is C18H26N2O2. The van der Waals surface area contributed by atoms with Crippen LogP contribution in [0.3, 0.4) is 0 Å². The number of hydrogen-bond acceptors (Lipinski definition) is 3. The van der Waals surface area contributed by atoms with Crippen LogP contribution >= 0.6 is 0 Å². The number of likely N-dealkylation sites (tertiary alicyclic amines) is 1. The quantitative estimate of drug-likeness (QED) is 0.900. The van der Waals surface area contributed by atoms with Crippen molar-refractivity contribution in [2.45, 2.75) is 56.7 Å². The lowest BCUT2D eigenvalue weighted by molar-refractivity contribution is 0.00727. The highest BCUT2D eigenvalue weighted by Crippen LogP contribution is 2.25. The zero-order chi connectivity index (χ0) is 15.4. The molecule has 1 saturated carbocycles. The summed E-state index contributed by atoms with van der Waals surface area (Å²) in [7, 11) is 0. The van der Waals surface area contributed by atoms with Gasteiger partial charge >= 0.3 is 0 Å². The molecule has 4 nitrogen and oxygen atoms in total. The minimum absolute atomic E-state index is 0.0248. The molecule has 2 atom stereocenters. The molecule has 1 aliphatic heterocycles. The van der Waals surface area contributed by atoms with Crippen molar-refractivity contribution in [1.29, 1.82) is 0 Å². The second kappa shape index (κ2) is 7.25. The number of carbonyl (C=O) groups excluding carboxylic acids is 1. The van der Waals surface area contributed by atoms with Crippen molar-refractivity contribution >= 4 is 5.91 Å². The summed E-state index contributed by atoms with van der Waals surface area (Å²) in [6, 6.07) is 9.99. The highest BCUT2D eigenvalue weighted by atomic mass is 16.3. The molecule has 0 bridgehead atoms. The van der Waals surface area contributed by atoms with Gasteiger partial charge in [-0.3, -0.25) is 9.69 Å². The predicted molar refractivity (Wildman–Crippen MR) is 86.8 cm³/mol. The average Bonchev–Trinajstić information content (AvgIpc) is 2.57. The molecule has 0 radical (unpaired) electrons. The first-order chi connectivity index (χ1) is 10.7. The fourth-order valence-corrected chi connectivity index (χ4v) is 3.75. The summed E-state index contributed by atoms with van der Waals surface area (Å²) in [5, 5.41) is 13.3. The van der Waals surface area contributed by atoms with Crippen molar-refractivity contribution in [3.8, 4) is 0 Å². The van der Waals surface area contributed by atoms with Crippen LogP contribution in [0.5, 0.6) is 0 Å². The largest absolute Gasteiger partial charge is 0.391 e. The van der Waals surface area contributed by atoms with Gasteiger partial charge in [-0.15, -0.1) is 0 Å². The molecule has 2 unspecified atom stereocenters. The van der Waals surface area contributed by atoms with Crippen LogP contribution in [0.15, 0.2) is 30.3 Å². The minimum atomic E-state index is -0.163. The van der Waals surface area contributed by atoms with Crippen LogP contribution < -0.4 is 5.32 Å². The molecule has 2 N–H and O–H groups in total. The van der Waals surface area contributed by atoms with Crippen molar-refractivity contribution in [2.24, 2.45) is 0 Å². The fraction of sp³-hybridized carbons (Fsp3) is 0.611. The smallest absolute Gasteiger partial charge is 0.251 e. The van der Waals surface area contributed by atoms with Crippen molar-refractivity contribution in [2.75, 3.05) is 13.1 Å². The first-order valence-electron chi connectivity index (χ1n) is 8.52. The lowest BCUT2D eigenvalue weighted by Gasteiger charge is -2.41. The Bertz CT molecular complexity index is 483. The molecular weight excluding hydrogens is 276 g/mol. The Hall–Kier alpha value is -1.39. The molecule has 22 heavy (non-hydrogen) atoms. The van der Waals surface area contributed by atoms with Gasteiger partial charge in [-0.2, -0.15) is 0 Å². The van der Waals surface area contributed by atoms with Crippen LogP contribution in [0.4, 0.5) is 0 Å². The zero-order valence-corrected chi connectivity index (χ0v) is 13.1. The lowest BCUT2D eigenvalue weighted by Crippen LogP contribution is -2.52. The molecule has 1 amide bonds. The Morgan fingerprint density at radius 2 is 1.73 bits per heavy atom. The van der Waals surface area contributed by atoms with E-state index in [1.807, 2.05) is 30.3 Å². The Kier molecular flexibility index (Phi) is 5.11. The van der Waals surface area contributed by atoms with Gasteiger partial charge in [0, 0.05) is 30.7 Å². The molecule has 2 fully saturated rings. The number of nitrogens with one attached hydrogen (secondary N) is 1.